The van der Waals surface area contributed by atoms with Gasteiger partial charge in [0.2, 0.25) is 5.60 Å². The first kappa shape index (κ1) is 18.8. The normalized spacial score (nSPS) is 18.7. The maximum absolute atomic E-state index is 12.1. The van der Waals surface area contributed by atoms with Gasteiger partial charge in [-0.2, -0.15) is 0 Å². The highest BCUT2D eigenvalue weighted by Gasteiger charge is 2.42. The average Bonchev–Trinajstić information content (AvgIpc) is 3.00. The average molecular weight is 387 g/mol. The molecule has 3 aromatic rings. The van der Waals surface area contributed by atoms with Crippen LogP contribution in [0.25, 0.3) is 22.3 Å². The molecule has 0 radical (unpaired) electrons. The van der Waals surface area contributed by atoms with Gasteiger partial charge in [0.05, 0.1) is 0 Å². The molecular formula is C22H21N5O2. The summed E-state index contributed by atoms with van der Waals surface area (Å²) >= 11 is 0. The Hall–Kier alpha value is -3.50. The lowest BCUT2D eigenvalue weighted by atomic mass is 10.0. The maximum atomic E-state index is 12.1. The lowest BCUT2D eigenvalue weighted by Crippen LogP contribution is -2.37. The van der Waals surface area contributed by atoms with Crippen LogP contribution in [0.15, 0.2) is 36.7 Å². The van der Waals surface area contributed by atoms with Crippen molar-refractivity contribution in [1.29, 1.82) is 0 Å². The number of rotatable bonds is 2. The van der Waals surface area contributed by atoms with Gasteiger partial charge in [0.1, 0.15) is 11.3 Å². The molecule has 4 rings (SSSR count). The Morgan fingerprint density at radius 3 is 2.86 bits per heavy atom. The zero-order chi connectivity index (χ0) is 20.6. The van der Waals surface area contributed by atoms with Crippen molar-refractivity contribution in [2.24, 2.45) is 0 Å². The van der Waals surface area contributed by atoms with Crippen molar-refractivity contribution >= 4 is 22.6 Å². The van der Waals surface area contributed by atoms with Gasteiger partial charge in [-0.1, -0.05) is 30.9 Å². The molecule has 7 heteroatoms. The van der Waals surface area contributed by atoms with E-state index >= 15 is 0 Å². The van der Waals surface area contributed by atoms with Crippen molar-refractivity contribution in [2.45, 2.75) is 25.4 Å². The Labute approximate surface area is 168 Å². The molecule has 1 fully saturated rings. The Bertz CT molecular complexity index is 1180. The van der Waals surface area contributed by atoms with Gasteiger partial charge in [0.25, 0.3) is 5.91 Å². The van der Waals surface area contributed by atoms with E-state index < -0.39 is 5.60 Å². The number of likely N-dealkylation sites (N-methyl/N-ethyl adjacent to an activating group) is 1. The van der Waals surface area contributed by atoms with Crippen LogP contribution < -0.4 is 5.73 Å². The summed E-state index contributed by atoms with van der Waals surface area (Å²) in [6.07, 6.45) is 4.63. The molecule has 7 nitrogen and oxygen atoms in total. The number of pyridine rings is 1. The summed E-state index contributed by atoms with van der Waals surface area (Å²) in [7, 11) is 1.66. The molecular weight excluding hydrogens is 366 g/mol. The van der Waals surface area contributed by atoms with Crippen LogP contribution >= 0.6 is 0 Å². The molecule has 0 unspecified atom stereocenters. The summed E-state index contributed by atoms with van der Waals surface area (Å²) in [5.41, 5.74) is 7.50. The van der Waals surface area contributed by atoms with E-state index in [0.717, 1.165) is 22.9 Å². The second kappa shape index (κ2) is 7.15. The standard InChI is InChI=1S/C22H21N5O2/c1-3-15-12-24-19(23)18-17(15)13-25-20(26-18)16-6-4-5-14(11-16)7-8-22(29)9-10-27(2)21(22)28/h4-6,11-13,29H,3,9-10H2,1-2H3,(H2,23,24)/t22-/m1/s1. The van der Waals surface area contributed by atoms with Crippen molar-refractivity contribution in [1.82, 2.24) is 19.9 Å². The maximum Gasteiger partial charge on any atom is 0.267 e. The van der Waals surface area contributed by atoms with Gasteiger partial charge in [0.15, 0.2) is 5.82 Å². The number of anilines is 1. The van der Waals surface area contributed by atoms with Crippen LogP contribution in [0.2, 0.25) is 0 Å². The number of aliphatic hydroxyl groups is 1. The summed E-state index contributed by atoms with van der Waals surface area (Å²) in [5, 5.41) is 11.4. The third kappa shape index (κ3) is 3.39. The first-order valence-electron chi connectivity index (χ1n) is 9.43. The Morgan fingerprint density at radius 1 is 1.31 bits per heavy atom. The zero-order valence-corrected chi connectivity index (χ0v) is 16.3. The number of aromatic nitrogens is 3. The number of benzene rings is 1. The van der Waals surface area contributed by atoms with E-state index in [2.05, 4.69) is 26.8 Å². The molecule has 146 valence electrons. The topological polar surface area (TPSA) is 105 Å². The summed E-state index contributed by atoms with van der Waals surface area (Å²) in [4.78, 5) is 26.9. The Balaban J connectivity index is 1.71. The molecule has 0 bridgehead atoms. The second-order valence-electron chi connectivity index (χ2n) is 7.15. The Morgan fingerprint density at radius 2 is 2.14 bits per heavy atom. The van der Waals surface area contributed by atoms with E-state index in [4.69, 9.17) is 5.73 Å². The van der Waals surface area contributed by atoms with Gasteiger partial charge in [-0.05, 0) is 24.1 Å². The number of carbonyl (C=O) groups is 1. The van der Waals surface area contributed by atoms with Crippen LogP contribution in [0, 0.1) is 11.8 Å². The number of amides is 1. The van der Waals surface area contributed by atoms with E-state index in [1.165, 1.54) is 4.90 Å². The van der Waals surface area contributed by atoms with Crippen molar-refractivity contribution in [3.63, 3.8) is 0 Å². The number of nitrogens with zero attached hydrogens (tertiary/aromatic N) is 4. The molecule has 3 heterocycles. The number of hydrogen-bond donors (Lipinski definition) is 2. The molecule has 0 aliphatic carbocycles. The summed E-state index contributed by atoms with van der Waals surface area (Å²) < 4.78 is 0. The quantitative estimate of drug-likeness (QED) is 0.650. The van der Waals surface area contributed by atoms with Crippen molar-refractivity contribution in [2.75, 3.05) is 19.3 Å². The van der Waals surface area contributed by atoms with Crippen LogP contribution in [0.4, 0.5) is 5.82 Å². The monoisotopic (exact) mass is 387 g/mol. The van der Waals surface area contributed by atoms with Gasteiger partial charge in [-0.15, -0.1) is 0 Å². The highest BCUT2D eigenvalue weighted by molar-refractivity contribution is 5.91. The number of fused-ring (bicyclic) bond motifs is 1. The third-order valence-electron chi connectivity index (χ3n) is 5.16. The lowest BCUT2D eigenvalue weighted by Gasteiger charge is -2.13. The van der Waals surface area contributed by atoms with Gasteiger partial charge in [0, 0.05) is 48.9 Å². The summed E-state index contributed by atoms with van der Waals surface area (Å²) in [6, 6.07) is 7.36. The highest BCUT2D eigenvalue weighted by atomic mass is 16.3. The SMILES string of the molecule is CCc1cnc(N)c2nc(-c3cccc(C#C[C@@]4(O)CCN(C)C4=O)c3)ncc12. The van der Waals surface area contributed by atoms with Crippen LogP contribution in [0.3, 0.4) is 0 Å². The van der Waals surface area contributed by atoms with Gasteiger partial charge in [-0.25, -0.2) is 15.0 Å². The molecule has 1 saturated heterocycles. The molecule has 3 N–H and O–H groups in total. The first-order valence-corrected chi connectivity index (χ1v) is 9.43. The lowest BCUT2D eigenvalue weighted by molar-refractivity contribution is -0.137. The van der Waals surface area contributed by atoms with Crippen molar-refractivity contribution < 1.29 is 9.90 Å². The van der Waals surface area contributed by atoms with Crippen LogP contribution in [0.5, 0.6) is 0 Å². The Kier molecular flexibility index (Phi) is 4.65. The molecule has 1 atom stereocenters. The number of nitrogen functional groups attached to an aromatic ring is 1. The minimum Gasteiger partial charge on any atom is -0.382 e. The number of hydrogen-bond acceptors (Lipinski definition) is 6. The number of carbonyl (C=O) groups excluding carboxylic acids is 1. The van der Waals surface area contributed by atoms with E-state index in [9.17, 15) is 9.90 Å². The second-order valence-corrected chi connectivity index (χ2v) is 7.15. The fourth-order valence-electron chi connectivity index (χ4n) is 3.39. The van der Waals surface area contributed by atoms with E-state index in [1.807, 2.05) is 31.2 Å². The fraction of sp³-hybridized carbons (Fsp3) is 0.273. The summed E-state index contributed by atoms with van der Waals surface area (Å²) in [6.45, 7) is 2.54. The van der Waals surface area contributed by atoms with E-state index in [1.54, 1.807) is 19.4 Å². The highest BCUT2D eigenvalue weighted by Crippen LogP contribution is 2.25. The number of nitrogens with two attached hydrogens (primary N) is 1. The summed E-state index contributed by atoms with van der Waals surface area (Å²) in [5.74, 6) is 6.15. The molecule has 1 amide bonds. The molecule has 29 heavy (non-hydrogen) atoms. The number of likely N-dealkylation sites (tertiary alicyclic amines) is 1. The fourth-order valence-corrected chi connectivity index (χ4v) is 3.39. The third-order valence-corrected chi connectivity index (χ3v) is 5.16. The van der Waals surface area contributed by atoms with Gasteiger partial charge < -0.3 is 15.7 Å². The molecule has 1 aliphatic heterocycles. The van der Waals surface area contributed by atoms with Gasteiger partial charge >= 0.3 is 0 Å². The zero-order valence-electron chi connectivity index (χ0n) is 16.3. The predicted octanol–water partition coefficient (Wildman–Crippen LogP) is 1.78. The minimum atomic E-state index is -1.62. The largest absolute Gasteiger partial charge is 0.382 e. The molecule has 1 aliphatic rings. The molecule has 1 aromatic carbocycles. The first-order chi connectivity index (χ1) is 13.9. The van der Waals surface area contributed by atoms with Crippen molar-refractivity contribution in [3.8, 4) is 23.2 Å². The number of aryl methyl sites for hydroxylation is 1. The molecule has 2 aromatic heterocycles. The van der Waals surface area contributed by atoms with Gasteiger partial charge in [-0.3, -0.25) is 4.79 Å². The predicted molar refractivity (Wildman–Crippen MR) is 111 cm³/mol. The van der Waals surface area contributed by atoms with E-state index in [0.29, 0.717) is 35.7 Å². The van der Waals surface area contributed by atoms with Crippen LogP contribution in [0.1, 0.15) is 24.5 Å². The minimum absolute atomic E-state index is 0.300. The van der Waals surface area contributed by atoms with Crippen LogP contribution in [-0.2, 0) is 11.2 Å². The van der Waals surface area contributed by atoms with E-state index in [-0.39, 0.29) is 5.91 Å². The molecule has 0 saturated carbocycles. The molecule has 0 spiro atoms. The van der Waals surface area contributed by atoms with Crippen LogP contribution in [-0.4, -0.2) is 50.1 Å². The smallest absolute Gasteiger partial charge is 0.267 e. The van der Waals surface area contributed by atoms with Crippen molar-refractivity contribution in [3.05, 3.63) is 47.8 Å².